The van der Waals surface area contributed by atoms with Crippen molar-refractivity contribution in [2.24, 2.45) is 0 Å². The van der Waals surface area contributed by atoms with Crippen molar-refractivity contribution in [3.63, 3.8) is 0 Å². The molecule has 2 aromatic rings. The third-order valence-electron chi connectivity index (χ3n) is 3.08. The van der Waals surface area contributed by atoms with Gasteiger partial charge in [-0.2, -0.15) is 0 Å². The molecule has 0 saturated carbocycles. The van der Waals surface area contributed by atoms with E-state index >= 15 is 0 Å². The highest BCUT2D eigenvalue weighted by molar-refractivity contribution is 9.10. The summed E-state index contributed by atoms with van der Waals surface area (Å²) in [6, 6.07) is 5.93. The van der Waals surface area contributed by atoms with Crippen molar-refractivity contribution in [2.45, 2.75) is 31.7 Å². The Bertz CT molecular complexity index is 771. The van der Waals surface area contributed by atoms with Crippen LogP contribution in [0.25, 0.3) is 0 Å². The zero-order valence-electron chi connectivity index (χ0n) is 11.8. The highest BCUT2D eigenvalue weighted by Gasteiger charge is 2.21. The lowest BCUT2D eigenvalue weighted by molar-refractivity contribution is 0.496. The molecule has 1 aromatic heterocycles. The van der Waals surface area contributed by atoms with Gasteiger partial charge < -0.3 is 4.42 Å². The fourth-order valence-electron chi connectivity index (χ4n) is 2.09. The molecule has 1 atom stereocenters. The van der Waals surface area contributed by atoms with Crippen molar-refractivity contribution < 1.29 is 12.8 Å². The lowest BCUT2D eigenvalue weighted by atomic mass is 10.1. The highest BCUT2D eigenvalue weighted by atomic mass is 79.9. The summed E-state index contributed by atoms with van der Waals surface area (Å²) >= 11 is 9.11. The summed E-state index contributed by atoms with van der Waals surface area (Å²) in [5.41, 5.74) is 0.823. The fraction of sp³-hybridized carbons (Fsp3) is 0.286. The van der Waals surface area contributed by atoms with E-state index in [2.05, 4.69) is 20.7 Å². The Kier molecular flexibility index (Phi) is 4.82. The standard InChI is InChI=1S/C14H15BrClNO3S/c1-8-6-12(10(3)20-8)9(2)17-21(18,19)11-4-5-14(16)13(15)7-11/h4-7,9,17H,1-3H3. The molecule has 1 heterocycles. The summed E-state index contributed by atoms with van der Waals surface area (Å²) in [7, 11) is -3.63. The number of aryl methyl sites for hydroxylation is 2. The molecule has 114 valence electrons. The quantitative estimate of drug-likeness (QED) is 0.841. The maximum Gasteiger partial charge on any atom is 0.241 e. The maximum atomic E-state index is 12.4. The smallest absolute Gasteiger partial charge is 0.241 e. The van der Waals surface area contributed by atoms with Crippen molar-refractivity contribution in [3.8, 4) is 0 Å². The van der Waals surface area contributed by atoms with Gasteiger partial charge in [-0.1, -0.05) is 11.6 Å². The van der Waals surface area contributed by atoms with E-state index in [9.17, 15) is 8.42 Å². The largest absolute Gasteiger partial charge is 0.466 e. The first-order valence-corrected chi connectivity index (χ1v) is 8.90. The first kappa shape index (κ1) is 16.5. The summed E-state index contributed by atoms with van der Waals surface area (Å²) in [4.78, 5) is 0.156. The third-order valence-corrected chi connectivity index (χ3v) is 5.83. The van der Waals surface area contributed by atoms with Crippen molar-refractivity contribution in [3.05, 3.63) is 50.8 Å². The van der Waals surface area contributed by atoms with Gasteiger partial charge >= 0.3 is 0 Å². The van der Waals surface area contributed by atoms with Gasteiger partial charge in [0.25, 0.3) is 0 Å². The molecule has 7 heteroatoms. The summed E-state index contributed by atoms with van der Waals surface area (Å²) in [5, 5.41) is 0.461. The van der Waals surface area contributed by atoms with E-state index in [1.54, 1.807) is 6.92 Å². The number of benzene rings is 1. The van der Waals surface area contributed by atoms with Crippen LogP contribution in [0.1, 0.15) is 30.0 Å². The van der Waals surface area contributed by atoms with Gasteiger partial charge in [0, 0.05) is 16.1 Å². The Morgan fingerprint density at radius 3 is 2.48 bits per heavy atom. The van der Waals surface area contributed by atoms with Crippen LogP contribution >= 0.6 is 27.5 Å². The molecule has 0 aliphatic heterocycles. The third kappa shape index (κ3) is 3.69. The van der Waals surface area contributed by atoms with E-state index in [4.69, 9.17) is 16.0 Å². The normalized spacial score (nSPS) is 13.4. The van der Waals surface area contributed by atoms with Crippen LogP contribution in [-0.4, -0.2) is 8.42 Å². The number of sulfonamides is 1. The van der Waals surface area contributed by atoms with E-state index in [-0.39, 0.29) is 10.9 Å². The van der Waals surface area contributed by atoms with Crippen LogP contribution in [-0.2, 0) is 10.0 Å². The van der Waals surface area contributed by atoms with Gasteiger partial charge in [-0.15, -0.1) is 0 Å². The molecule has 1 aromatic carbocycles. The van der Waals surface area contributed by atoms with Gasteiger partial charge in [0.2, 0.25) is 10.0 Å². The summed E-state index contributed by atoms with van der Waals surface area (Å²) in [5.74, 6) is 1.46. The van der Waals surface area contributed by atoms with Crippen LogP contribution < -0.4 is 4.72 Å². The van der Waals surface area contributed by atoms with Gasteiger partial charge in [0.15, 0.2) is 0 Å². The summed E-state index contributed by atoms with van der Waals surface area (Å²) in [6.07, 6.45) is 0. The molecule has 1 unspecified atom stereocenters. The lowest BCUT2D eigenvalue weighted by Gasteiger charge is -2.14. The van der Waals surface area contributed by atoms with Crippen LogP contribution in [0, 0.1) is 13.8 Å². The topological polar surface area (TPSA) is 59.3 Å². The Labute approximate surface area is 137 Å². The van der Waals surface area contributed by atoms with Gasteiger partial charge in [0.05, 0.1) is 9.92 Å². The average Bonchev–Trinajstić information content (AvgIpc) is 2.71. The average molecular weight is 393 g/mol. The van der Waals surface area contributed by atoms with Crippen molar-refractivity contribution in [1.82, 2.24) is 4.72 Å². The second kappa shape index (κ2) is 6.12. The summed E-state index contributed by atoms with van der Waals surface area (Å²) in [6.45, 7) is 5.42. The van der Waals surface area contributed by atoms with Crippen LogP contribution in [0.2, 0.25) is 5.02 Å². The Hall–Kier alpha value is -0.820. The maximum absolute atomic E-state index is 12.4. The monoisotopic (exact) mass is 391 g/mol. The highest BCUT2D eigenvalue weighted by Crippen LogP contribution is 2.27. The number of hydrogen-bond acceptors (Lipinski definition) is 3. The van der Waals surface area contributed by atoms with Gasteiger partial charge in [0.1, 0.15) is 11.5 Å². The second-order valence-electron chi connectivity index (χ2n) is 4.79. The van der Waals surface area contributed by atoms with E-state index in [1.165, 1.54) is 18.2 Å². The summed E-state index contributed by atoms with van der Waals surface area (Å²) < 4.78 is 33.4. The number of nitrogens with one attached hydrogen (secondary N) is 1. The predicted octanol–water partition coefficient (Wildman–Crippen LogP) is 4.35. The molecular weight excluding hydrogens is 378 g/mol. The van der Waals surface area contributed by atoms with E-state index < -0.39 is 10.0 Å². The molecule has 0 fully saturated rings. The Morgan fingerprint density at radius 2 is 1.95 bits per heavy atom. The molecular formula is C14H15BrClNO3S. The molecule has 1 N–H and O–H groups in total. The van der Waals surface area contributed by atoms with Gasteiger partial charge in [-0.25, -0.2) is 13.1 Å². The zero-order chi connectivity index (χ0) is 15.8. The lowest BCUT2D eigenvalue weighted by Crippen LogP contribution is -2.27. The van der Waals surface area contributed by atoms with Crippen LogP contribution in [0.3, 0.4) is 0 Å². The second-order valence-corrected chi connectivity index (χ2v) is 7.76. The number of furan rings is 1. The molecule has 2 rings (SSSR count). The Balaban J connectivity index is 2.28. The molecule has 0 bridgehead atoms. The molecule has 0 amide bonds. The minimum Gasteiger partial charge on any atom is -0.466 e. The first-order chi connectivity index (χ1) is 9.70. The fourth-order valence-corrected chi connectivity index (χ4v) is 3.99. The molecule has 4 nitrogen and oxygen atoms in total. The zero-order valence-corrected chi connectivity index (χ0v) is 14.9. The Morgan fingerprint density at radius 1 is 1.29 bits per heavy atom. The molecule has 21 heavy (non-hydrogen) atoms. The predicted molar refractivity (Wildman–Crippen MR) is 86.1 cm³/mol. The molecule has 0 aliphatic rings. The number of hydrogen-bond donors (Lipinski definition) is 1. The van der Waals surface area contributed by atoms with Crippen molar-refractivity contribution in [1.29, 1.82) is 0 Å². The van der Waals surface area contributed by atoms with Crippen LogP contribution in [0.4, 0.5) is 0 Å². The van der Waals surface area contributed by atoms with E-state index in [1.807, 2.05) is 19.9 Å². The molecule has 0 spiro atoms. The van der Waals surface area contributed by atoms with Crippen molar-refractivity contribution >= 4 is 37.6 Å². The number of rotatable bonds is 4. The van der Waals surface area contributed by atoms with Gasteiger partial charge in [-0.3, -0.25) is 0 Å². The first-order valence-electron chi connectivity index (χ1n) is 6.25. The van der Waals surface area contributed by atoms with Crippen LogP contribution in [0.15, 0.2) is 38.1 Å². The SMILES string of the molecule is Cc1cc(C(C)NS(=O)(=O)c2ccc(Cl)c(Br)c2)c(C)o1. The van der Waals surface area contributed by atoms with E-state index in [0.717, 1.165) is 11.3 Å². The molecule has 0 saturated heterocycles. The molecule has 0 radical (unpaired) electrons. The van der Waals surface area contributed by atoms with Crippen molar-refractivity contribution in [2.75, 3.05) is 0 Å². The van der Waals surface area contributed by atoms with Gasteiger partial charge in [-0.05, 0) is 61.0 Å². The van der Waals surface area contributed by atoms with E-state index in [0.29, 0.717) is 15.3 Å². The number of halogens is 2. The minimum atomic E-state index is -3.63. The minimum absolute atomic E-state index is 0.156. The van der Waals surface area contributed by atoms with Crippen LogP contribution in [0.5, 0.6) is 0 Å². The molecule has 0 aliphatic carbocycles.